The van der Waals surface area contributed by atoms with E-state index in [9.17, 15) is 8.42 Å². The number of primary sulfonamides is 1. The Kier molecular flexibility index (Phi) is 7.10. The Balaban J connectivity index is 2.53. The molecule has 7 heteroatoms. The van der Waals surface area contributed by atoms with Gasteiger partial charge in [0.05, 0.1) is 11.5 Å². The predicted octanol–water partition coefficient (Wildman–Crippen LogP) is 1.38. The average Bonchev–Trinajstić information content (AvgIpc) is 2.39. The molecular formula is C14H23NO5S. The van der Waals surface area contributed by atoms with Gasteiger partial charge in [-0.2, -0.15) is 0 Å². The summed E-state index contributed by atoms with van der Waals surface area (Å²) in [6.45, 7) is 5.75. The van der Waals surface area contributed by atoms with Gasteiger partial charge in [-0.05, 0) is 43.5 Å². The van der Waals surface area contributed by atoms with Gasteiger partial charge in [0, 0.05) is 20.3 Å². The van der Waals surface area contributed by atoms with Crippen LogP contribution in [0.1, 0.15) is 17.5 Å². The van der Waals surface area contributed by atoms with Crippen molar-refractivity contribution in [2.75, 3.05) is 33.5 Å². The molecule has 0 spiro atoms. The summed E-state index contributed by atoms with van der Waals surface area (Å²) in [6, 6.07) is 3.02. The minimum Gasteiger partial charge on any atom is -0.491 e. The molecular weight excluding hydrogens is 294 g/mol. The van der Waals surface area contributed by atoms with Crippen LogP contribution in [0, 0.1) is 13.8 Å². The Morgan fingerprint density at radius 2 is 1.67 bits per heavy atom. The maximum absolute atomic E-state index is 11.3. The highest BCUT2D eigenvalue weighted by atomic mass is 32.2. The first-order chi connectivity index (χ1) is 9.86. The molecule has 0 radical (unpaired) electrons. The lowest BCUT2D eigenvalue weighted by molar-refractivity contribution is 0.0803. The first-order valence-corrected chi connectivity index (χ1v) is 8.24. The van der Waals surface area contributed by atoms with Crippen LogP contribution in [-0.4, -0.2) is 42.0 Å². The summed E-state index contributed by atoms with van der Waals surface area (Å²) in [5, 5.41) is 5.13. The SMILES string of the molecule is COCCCOCCOc1c(C)cc(S(N)(=O)=O)cc1C. The van der Waals surface area contributed by atoms with Gasteiger partial charge in [0.1, 0.15) is 12.4 Å². The van der Waals surface area contributed by atoms with Crippen molar-refractivity contribution in [1.29, 1.82) is 0 Å². The third-order valence-electron chi connectivity index (χ3n) is 2.87. The predicted molar refractivity (Wildman–Crippen MR) is 80.1 cm³/mol. The number of nitrogens with two attached hydrogens (primary N) is 1. The van der Waals surface area contributed by atoms with E-state index in [4.69, 9.17) is 19.3 Å². The smallest absolute Gasteiger partial charge is 0.238 e. The van der Waals surface area contributed by atoms with Gasteiger partial charge < -0.3 is 14.2 Å². The number of aryl methyl sites for hydroxylation is 2. The van der Waals surface area contributed by atoms with Crippen molar-refractivity contribution in [3.63, 3.8) is 0 Å². The van der Waals surface area contributed by atoms with Gasteiger partial charge in [-0.15, -0.1) is 0 Å². The van der Waals surface area contributed by atoms with E-state index in [1.54, 1.807) is 21.0 Å². The molecule has 0 aromatic heterocycles. The Labute approximate surface area is 126 Å². The number of ether oxygens (including phenoxy) is 3. The number of benzene rings is 1. The van der Waals surface area contributed by atoms with Crippen LogP contribution >= 0.6 is 0 Å². The van der Waals surface area contributed by atoms with E-state index in [1.165, 1.54) is 12.1 Å². The molecule has 6 nitrogen and oxygen atoms in total. The molecule has 2 N–H and O–H groups in total. The molecule has 0 aliphatic rings. The maximum atomic E-state index is 11.3. The molecule has 1 rings (SSSR count). The Bertz CT molecular complexity index is 533. The van der Waals surface area contributed by atoms with Gasteiger partial charge in [-0.3, -0.25) is 0 Å². The molecule has 0 heterocycles. The van der Waals surface area contributed by atoms with Crippen LogP contribution in [0.3, 0.4) is 0 Å². The Morgan fingerprint density at radius 1 is 1.05 bits per heavy atom. The molecule has 0 atom stereocenters. The molecule has 0 amide bonds. The number of sulfonamides is 1. The second-order valence-corrected chi connectivity index (χ2v) is 6.30. The van der Waals surface area contributed by atoms with Gasteiger partial charge in [-0.25, -0.2) is 13.6 Å². The van der Waals surface area contributed by atoms with Crippen molar-refractivity contribution in [2.24, 2.45) is 5.14 Å². The van der Waals surface area contributed by atoms with Crippen molar-refractivity contribution >= 4 is 10.0 Å². The standard InChI is InChI=1S/C14H23NO5S/c1-11-9-13(21(15,16)17)10-12(2)14(11)20-8-7-19-6-4-5-18-3/h9-10H,4-8H2,1-3H3,(H2,15,16,17). The second-order valence-electron chi connectivity index (χ2n) is 4.74. The quantitative estimate of drug-likeness (QED) is 0.695. The molecule has 0 aliphatic carbocycles. The lowest BCUT2D eigenvalue weighted by atomic mass is 10.1. The molecule has 0 saturated carbocycles. The van der Waals surface area contributed by atoms with Crippen LogP contribution in [0.15, 0.2) is 17.0 Å². The second kappa shape index (κ2) is 8.33. The summed E-state index contributed by atoms with van der Waals surface area (Å²) in [7, 11) is -2.04. The highest BCUT2D eigenvalue weighted by Crippen LogP contribution is 2.26. The van der Waals surface area contributed by atoms with E-state index in [2.05, 4.69) is 0 Å². The van der Waals surface area contributed by atoms with Crippen LogP contribution in [0.25, 0.3) is 0 Å². The van der Waals surface area contributed by atoms with Gasteiger partial charge in [-0.1, -0.05) is 0 Å². The number of hydrogen-bond donors (Lipinski definition) is 1. The summed E-state index contributed by atoms with van der Waals surface area (Å²) in [4.78, 5) is 0.0978. The molecule has 0 unspecified atom stereocenters. The summed E-state index contributed by atoms with van der Waals surface area (Å²) in [5.74, 6) is 0.669. The van der Waals surface area contributed by atoms with Crippen LogP contribution in [-0.2, 0) is 19.5 Å². The fourth-order valence-electron chi connectivity index (χ4n) is 1.91. The monoisotopic (exact) mass is 317 g/mol. The van der Waals surface area contributed by atoms with E-state index in [-0.39, 0.29) is 4.90 Å². The van der Waals surface area contributed by atoms with Crippen LogP contribution in [0.2, 0.25) is 0 Å². The van der Waals surface area contributed by atoms with Gasteiger partial charge in [0.2, 0.25) is 10.0 Å². The van der Waals surface area contributed by atoms with E-state index in [0.717, 1.165) is 17.5 Å². The third kappa shape index (κ3) is 6.01. The fourth-order valence-corrected chi connectivity index (χ4v) is 2.59. The number of rotatable bonds is 9. The molecule has 0 aliphatic heterocycles. The topological polar surface area (TPSA) is 87.8 Å². The lowest BCUT2D eigenvalue weighted by Crippen LogP contribution is -2.14. The van der Waals surface area contributed by atoms with Crippen LogP contribution in [0.5, 0.6) is 5.75 Å². The molecule has 1 aromatic rings. The maximum Gasteiger partial charge on any atom is 0.238 e. The summed E-state index contributed by atoms with van der Waals surface area (Å²) in [6.07, 6.45) is 0.845. The first-order valence-electron chi connectivity index (χ1n) is 6.69. The minimum atomic E-state index is -3.69. The van der Waals surface area contributed by atoms with Crippen molar-refractivity contribution in [3.05, 3.63) is 23.3 Å². The molecule has 1 aromatic carbocycles. The number of hydrogen-bond acceptors (Lipinski definition) is 5. The van der Waals surface area contributed by atoms with E-state index < -0.39 is 10.0 Å². The summed E-state index contributed by atoms with van der Waals surface area (Å²) in [5.41, 5.74) is 1.47. The van der Waals surface area contributed by atoms with E-state index >= 15 is 0 Å². The fraction of sp³-hybridized carbons (Fsp3) is 0.571. The van der Waals surface area contributed by atoms with Gasteiger partial charge in [0.15, 0.2) is 0 Å². The minimum absolute atomic E-state index is 0.0978. The molecule has 0 saturated heterocycles. The highest BCUT2D eigenvalue weighted by molar-refractivity contribution is 7.89. The highest BCUT2D eigenvalue weighted by Gasteiger charge is 2.13. The first kappa shape index (κ1) is 17.9. The van der Waals surface area contributed by atoms with Crippen molar-refractivity contribution < 1.29 is 22.6 Å². The number of methoxy groups -OCH3 is 1. The normalized spacial score (nSPS) is 11.6. The molecule has 0 bridgehead atoms. The van der Waals surface area contributed by atoms with Crippen LogP contribution < -0.4 is 9.88 Å². The van der Waals surface area contributed by atoms with Gasteiger partial charge in [0.25, 0.3) is 0 Å². The zero-order valence-electron chi connectivity index (χ0n) is 12.7. The zero-order valence-corrected chi connectivity index (χ0v) is 13.5. The Morgan fingerprint density at radius 3 is 2.19 bits per heavy atom. The average molecular weight is 317 g/mol. The Hall–Kier alpha value is -1.15. The van der Waals surface area contributed by atoms with E-state index in [0.29, 0.717) is 32.2 Å². The lowest BCUT2D eigenvalue weighted by Gasteiger charge is -2.13. The zero-order chi connectivity index (χ0) is 15.9. The largest absolute Gasteiger partial charge is 0.491 e. The third-order valence-corrected chi connectivity index (χ3v) is 3.77. The molecule has 21 heavy (non-hydrogen) atoms. The van der Waals surface area contributed by atoms with E-state index in [1.807, 2.05) is 0 Å². The van der Waals surface area contributed by atoms with Gasteiger partial charge >= 0.3 is 0 Å². The van der Waals surface area contributed by atoms with Crippen LogP contribution in [0.4, 0.5) is 0 Å². The summed E-state index contributed by atoms with van der Waals surface area (Å²) >= 11 is 0. The van der Waals surface area contributed by atoms with Crippen molar-refractivity contribution in [3.8, 4) is 5.75 Å². The molecule has 120 valence electrons. The molecule has 0 fully saturated rings. The van der Waals surface area contributed by atoms with Crippen molar-refractivity contribution in [2.45, 2.75) is 25.2 Å². The summed E-state index contributed by atoms with van der Waals surface area (Å²) < 4.78 is 38.6. The van der Waals surface area contributed by atoms with Crippen molar-refractivity contribution in [1.82, 2.24) is 0 Å².